The van der Waals surface area contributed by atoms with Gasteiger partial charge in [0, 0.05) is 17.6 Å². The van der Waals surface area contributed by atoms with Crippen LogP contribution in [0.2, 0.25) is 5.02 Å². The molecule has 0 aliphatic carbocycles. The van der Waals surface area contributed by atoms with E-state index in [2.05, 4.69) is 0 Å². The summed E-state index contributed by atoms with van der Waals surface area (Å²) >= 11 is 5.88. The summed E-state index contributed by atoms with van der Waals surface area (Å²) in [5.74, 6) is -2.48. The zero-order valence-corrected chi connectivity index (χ0v) is 13.0. The summed E-state index contributed by atoms with van der Waals surface area (Å²) in [5.41, 5.74) is -1.48. The topological polar surface area (TPSA) is 29.5 Å². The highest BCUT2D eigenvalue weighted by molar-refractivity contribution is 6.31. The molecular weight excluding hydrogens is 350 g/mol. The molecule has 0 saturated carbocycles. The Morgan fingerprint density at radius 3 is 2.50 bits per heavy atom. The Morgan fingerprint density at radius 2 is 1.88 bits per heavy atom. The smallest absolute Gasteiger partial charge is 0.416 e. The van der Waals surface area contributed by atoms with Crippen LogP contribution in [0.1, 0.15) is 22.8 Å². The highest BCUT2D eigenvalue weighted by Crippen LogP contribution is 2.43. The van der Waals surface area contributed by atoms with Crippen molar-refractivity contribution in [2.45, 2.75) is 13.1 Å². The third kappa shape index (κ3) is 2.69. The van der Waals surface area contributed by atoms with Crippen molar-refractivity contribution in [3.63, 3.8) is 0 Å². The summed E-state index contributed by atoms with van der Waals surface area (Å²) in [4.78, 5) is 13.8. The van der Waals surface area contributed by atoms with E-state index >= 15 is 0 Å². The molecule has 0 spiro atoms. The van der Waals surface area contributed by atoms with Crippen LogP contribution in [0.4, 0.5) is 23.2 Å². The van der Waals surface area contributed by atoms with Crippen LogP contribution >= 0.6 is 11.6 Å². The number of hydrogen-bond acceptors (Lipinski definition) is 2. The standard InChI is InChI=1S/C16H10ClF4NO2/c1-2-22-11-4-3-9(17)7-12(11)24-13-6-8(16(19,20)21)5-10(18)14(13)15(22)23/h3-7H,2H2,1H3. The fourth-order valence-corrected chi connectivity index (χ4v) is 2.66. The van der Waals surface area contributed by atoms with Gasteiger partial charge in [-0.3, -0.25) is 4.79 Å². The molecule has 1 aliphatic rings. The first-order valence-corrected chi connectivity index (χ1v) is 7.30. The van der Waals surface area contributed by atoms with E-state index in [0.717, 1.165) is 0 Å². The Bertz CT molecular complexity index is 836. The number of ether oxygens (including phenoxy) is 1. The normalized spacial score (nSPS) is 13.9. The lowest BCUT2D eigenvalue weighted by Gasteiger charge is -2.20. The van der Waals surface area contributed by atoms with Crippen LogP contribution in [0.25, 0.3) is 0 Å². The van der Waals surface area contributed by atoms with Gasteiger partial charge in [0.25, 0.3) is 5.91 Å². The van der Waals surface area contributed by atoms with Gasteiger partial charge >= 0.3 is 6.18 Å². The van der Waals surface area contributed by atoms with Gasteiger partial charge in [-0.25, -0.2) is 4.39 Å². The fraction of sp³-hybridized carbons (Fsp3) is 0.188. The van der Waals surface area contributed by atoms with Gasteiger partial charge in [-0.15, -0.1) is 0 Å². The first-order valence-electron chi connectivity index (χ1n) is 6.92. The summed E-state index contributed by atoms with van der Waals surface area (Å²) in [5, 5.41) is 0.271. The zero-order chi connectivity index (χ0) is 17.6. The molecule has 0 aromatic heterocycles. The number of rotatable bonds is 1. The molecular formula is C16H10ClF4NO2. The van der Waals surface area contributed by atoms with Gasteiger partial charge in [0.2, 0.25) is 0 Å². The lowest BCUT2D eigenvalue weighted by Crippen LogP contribution is -2.30. The van der Waals surface area contributed by atoms with E-state index in [1.54, 1.807) is 6.92 Å². The maximum absolute atomic E-state index is 14.3. The minimum Gasteiger partial charge on any atom is -0.454 e. The highest BCUT2D eigenvalue weighted by atomic mass is 35.5. The first-order chi connectivity index (χ1) is 11.2. The molecule has 2 aromatic carbocycles. The number of carbonyl (C=O) groups excluding carboxylic acids is 1. The molecule has 1 heterocycles. The third-order valence-corrected chi connectivity index (χ3v) is 3.82. The van der Waals surface area contributed by atoms with Crippen LogP contribution in [-0.4, -0.2) is 12.5 Å². The van der Waals surface area contributed by atoms with E-state index in [9.17, 15) is 22.4 Å². The maximum Gasteiger partial charge on any atom is 0.416 e. The summed E-state index contributed by atoms with van der Waals surface area (Å²) in [7, 11) is 0. The average Bonchev–Trinajstić information content (AvgIpc) is 2.59. The molecule has 0 N–H and O–H groups in total. The number of carbonyl (C=O) groups is 1. The number of halogens is 5. The minimum atomic E-state index is -4.77. The molecule has 3 rings (SSSR count). The van der Waals surface area contributed by atoms with Crippen LogP contribution in [0, 0.1) is 5.82 Å². The van der Waals surface area contributed by atoms with Crippen molar-refractivity contribution in [3.05, 3.63) is 52.3 Å². The second kappa shape index (κ2) is 5.66. The lowest BCUT2D eigenvalue weighted by molar-refractivity contribution is -0.137. The van der Waals surface area contributed by atoms with Crippen molar-refractivity contribution in [3.8, 4) is 11.5 Å². The Labute approximate surface area is 139 Å². The second-order valence-corrected chi connectivity index (χ2v) is 5.53. The van der Waals surface area contributed by atoms with Crippen molar-refractivity contribution in [1.29, 1.82) is 0 Å². The van der Waals surface area contributed by atoms with Crippen molar-refractivity contribution < 1.29 is 27.1 Å². The van der Waals surface area contributed by atoms with E-state index in [1.165, 1.54) is 23.1 Å². The third-order valence-electron chi connectivity index (χ3n) is 3.59. The molecule has 1 aliphatic heterocycles. The SMILES string of the molecule is CCN1C(=O)c2c(F)cc(C(F)(F)F)cc2Oc2cc(Cl)ccc21. The summed E-state index contributed by atoms with van der Waals surface area (Å²) in [6.07, 6.45) is -4.77. The van der Waals surface area contributed by atoms with Crippen LogP contribution in [-0.2, 0) is 6.18 Å². The highest BCUT2D eigenvalue weighted by Gasteiger charge is 2.36. The van der Waals surface area contributed by atoms with Crippen LogP contribution in [0.5, 0.6) is 11.5 Å². The number of hydrogen-bond donors (Lipinski definition) is 0. The molecule has 2 aromatic rings. The van der Waals surface area contributed by atoms with Crippen molar-refractivity contribution in [2.75, 3.05) is 11.4 Å². The quantitative estimate of drug-likeness (QED) is 0.649. The summed E-state index contributed by atoms with van der Waals surface area (Å²) in [6.45, 7) is 1.83. The zero-order valence-electron chi connectivity index (χ0n) is 12.2. The second-order valence-electron chi connectivity index (χ2n) is 5.09. The molecule has 0 unspecified atom stereocenters. The maximum atomic E-state index is 14.3. The Balaban J connectivity index is 2.27. The van der Waals surface area contributed by atoms with Gasteiger partial charge in [-0.2, -0.15) is 13.2 Å². The van der Waals surface area contributed by atoms with Crippen molar-refractivity contribution in [1.82, 2.24) is 0 Å². The molecule has 0 radical (unpaired) electrons. The monoisotopic (exact) mass is 359 g/mol. The Hall–Kier alpha value is -2.28. The fourth-order valence-electron chi connectivity index (χ4n) is 2.50. The van der Waals surface area contributed by atoms with Crippen molar-refractivity contribution in [2.24, 2.45) is 0 Å². The van der Waals surface area contributed by atoms with Gasteiger partial charge in [0.05, 0.1) is 11.3 Å². The number of amides is 1. The van der Waals surface area contributed by atoms with E-state index < -0.39 is 34.8 Å². The molecule has 24 heavy (non-hydrogen) atoms. The van der Waals surface area contributed by atoms with E-state index in [-0.39, 0.29) is 23.4 Å². The Kier molecular flexibility index (Phi) is 3.91. The van der Waals surface area contributed by atoms with Crippen LogP contribution < -0.4 is 9.64 Å². The van der Waals surface area contributed by atoms with Gasteiger partial charge in [-0.1, -0.05) is 11.6 Å². The van der Waals surface area contributed by atoms with E-state index in [0.29, 0.717) is 11.8 Å². The predicted molar refractivity (Wildman–Crippen MR) is 80.3 cm³/mol. The predicted octanol–water partition coefficient (Wildman–Crippen LogP) is 5.27. The number of benzene rings is 2. The largest absolute Gasteiger partial charge is 0.454 e. The van der Waals surface area contributed by atoms with Gasteiger partial charge in [-0.05, 0) is 31.2 Å². The molecule has 1 amide bonds. The van der Waals surface area contributed by atoms with E-state index in [4.69, 9.17) is 16.3 Å². The van der Waals surface area contributed by atoms with Gasteiger partial charge in [0.1, 0.15) is 17.1 Å². The molecule has 8 heteroatoms. The first kappa shape index (κ1) is 16.6. The number of nitrogens with zero attached hydrogens (tertiary/aromatic N) is 1. The van der Waals surface area contributed by atoms with Crippen LogP contribution in [0.3, 0.4) is 0 Å². The van der Waals surface area contributed by atoms with E-state index in [1.807, 2.05) is 0 Å². The molecule has 0 atom stereocenters. The minimum absolute atomic E-state index is 0.0789. The van der Waals surface area contributed by atoms with Gasteiger partial charge < -0.3 is 9.64 Å². The number of anilines is 1. The number of fused-ring (bicyclic) bond motifs is 2. The molecule has 0 saturated heterocycles. The molecule has 0 bridgehead atoms. The van der Waals surface area contributed by atoms with Crippen molar-refractivity contribution >= 4 is 23.2 Å². The summed E-state index contributed by atoms with van der Waals surface area (Å²) in [6, 6.07) is 5.26. The average molecular weight is 360 g/mol. The van der Waals surface area contributed by atoms with Gasteiger partial charge in [0.15, 0.2) is 5.75 Å². The molecule has 3 nitrogen and oxygen atoms in total. The summed E-state index contributed by atoms with van der Waals surface area (Å²) < 4.78 is 58.4. The number of alkyl halides is 3. The molecule has 0 fully saturated rings. The van der Waals surface area contributed by atoms with Crippen LogP contribution in [0.15, 0.2) is 30.3 Å². The Morgan fingerprint density at radius 1 is 1.17 bits per heavy atom. The lowest BCUT2D eigenvalue weighted by atomic mass is 10.1. The molecule has 126 valence electrons.